The molecule has 0 radical (unpaired) electrons. The van der Waals surface area contributed by atoms with E-state index in [4.69, 9.17) is 4.74 Å². The number of anilines is 1. The van der Waals surface area contributed by atoms with Gasteiger partial charge in [-0.1, -0.05) is 50.7 Å². The summed E-state index contributed by atoms with van der Waals surface area (Å²) < 4.78 is 5.45. The molecule has 3 N–H and O–H groups in total. The van der Waals surface area contributed by atoms with E-state index in [0.29, 0.717) is 13.2 Å². The molecule has 2 fully saturated rings. The Kier molecular flexibility index (Phi) is 11.5. The van der Waals surface area contributed by atoms with Crippen molar-refractivity contribution in [3.63, 3.8) is 0 Å². The molecule has 1 heterocycles. The quantitative estimate of drug-likeness (QED) is 0.192. The van der Waals surface area contributed by atoms with Crippen molar-refractivity contribution in [2.24, 2.45) is 10.9 Å². The minimum atomic E-state index is -0.312. The molecule has 1 aromatic rings. The van der Waals surface area contributed by atoms with Crippen LogP contribution in [0.1, 0.15) is 63.4 Å². The Hall–Kier alpha value is -1.35. The van der Waals surface area contributed by atoms with Crippen LogP contribution in [0.15, 0.2) is 29.3 Å². The van der Waals surface area contributed by atoms with Crippen LogP contribution in [-0.2, 0) is 16.1 Å². The van der Waals surface area contributed by atoms with Crippen LogP contribution in [0.3, 0.4) is 0 Å². The number of hydrogen-bond acceptors (Lipinski definition) is 3. The van der Waals surface area contributed by atoms with Crippen molar-refractivity contribution in [2.75, 3.05) is 25.5 Å². The van der Waals surface area contributed by atoms with Gasteiger partial charge in [0.1, 0.15) is 6.10 Å². The number of amides is 1. The maximum atomic E-state index is 12.2. The van der Waals surface area contributed by atoms with Crippen molar-refractivity contribution in [3.8, 4) is 0 Å². The van der Waals surface area contributed by atoms with Gasteiger partial charge in [0.2, 0.25) is 0 Å². The van der Waals surface area contributed by atoms with E-state index in [0.717, 1.165) is 42.5 Å². The van der Waals surface area contributed by atoms with Crippen LogP contribution in [0, 0.1) is 5.92 Å². The van der Waals surface area contributed by atoms with E-state index in [2.05, 4.69) is 20.9 Å². The molecule has 0 bridgehead atoms. The van der Waals surface area contributed by atoms with Gasteiger partial charge in [0, 0.05) is 32.4 Å². The normalized spacial score (nSPS) is 19.4. The minimum Gasteiger partial charge on any atom is -0.368 e. The average Bonchev–Trinajstić information content (AvgIpc) is 3.44. The second-order valence-corrected chi connectivity index (χ2v) is 8.19. The van der Waals surface area contributed by atoms with Crippen molar-refractivity contribution in [3.05, 3.63) is 29.8 Å². The largest absolute Gasteiger partial charge is 0.368 e. The van der Waals surface area contributed by atoms with E-state index in [1.165, 1.54) is 44.9 Å². The van der Waals surface area contributed by atoms with Gasteiger partial charge in [-0.25, -0.2) is 0 Å². The van der Waals surface area contributed by atoms with Gasteiger partial charge >= 0.3 is 0 Å². The number of benzene rings is 1. The monoisotopic (exact) mass is 528 g/mol. The summed E-state index contributed by atoms with van der Waals surface area (Å²) in [5.74, 6) is 1.74. The van der Waals surface area contributed by atoms with Crippen LogP contribution in [0.25, 0.3) is 0 Å². The fourth-order valence-electron chi connectivity index (χ4n) is 4.24. The molecule has 0 spiro atoms. The lowest BCUT2D eigenvalue weighted by Gasteiger charge is -2.14. The molecule has 1 aliphatic carbocycles. The van der Waals surface area contributed by atoms with E-state index in [1.807, 2.05) is 24.3 Å². The number of carbonyl (C=O) groups excluding carboxylic acids is 1. The zero-order valence-electron chi connectivity index (χ0n) is 18.1. The number of nitrogens with zero attached hydrogens (tertiary/aromatic N) is 1. The second-order valence-electron chi connectivity index (χ2n) is 8.19. The first-order chi connectivity index (χ1) is 14.2. The summed E-state index contributed by atoms with van der Waals surface area (Å²) in [5, 5.41) is 9.72. The molecule has 1 aromatic carbocycles. The molecular weight excluding hydrogens is 491 g/mol. The van der Waals surface area contributed by atoms with Crippen molar-refractivity contribution in [2.45, 2.75) is 70.4 Å². The Balaban J connectivity index is 0.00000320. The number of carbonyl (C=O) groups is 1. The fraction of sp³-hybridized carbons (Fsp3) is 0.652. The van der Waals surface area contributed by atoms with E-state index in [-0.39, 0.29) is 36.0 Å². The first kappa shape index (κ1) is 24.9. The van der Waals surface area contributed by atoms with E-state index in [9.17, 15) is 4.79 Å². The SMILES string of the molecule is CN=C(NCCCCC1CCCC1)NCc1cccc(NC(=O)C2CCCO2)c1.I. The van der Waals surface area contributed by atoms with E-state index >= 15 is 0 Å². The molecule has 6 nitrogen and oxygen atoms in total. The van der Waals surface area contributed by atoms with Crippen LogP contribution < -0.4 is 16.0 Å². The van der Waals surface area contributed by atoms with Crippen LogP contribution >= 0.6 is 24.0 Å². The number of guanidine groups is 1. The Morgan fingerprint density at radius 2 is 1.97 bits per heavy atom. The molecule has 1 aliphatic heterocycles. The van der Waals surface area contributed by atoms with Gasteiger partial charge in [-0.2, -0.15) is 0 Å². The summed E-state index contributed by atoms with van der Waals surface area (Å²) in [6.45, 7) is 2.28. The van der Waals surface area contributed by atoms with Crippen LogP contribution in [-0.4, -0.2) is 38.2 Å². The number of ether oxygens (including phenoxy) is 1. The highest BCUT2D eigenvalue weighted by molar-refractivity contribution is 14.0. The van der Waals surface area contributed by atoms with Crippen molar-refractivity contribution in [1.82, 2.24) is 10.6 Å². The highest BCUT2D eigenvalue weighted by Gasteiger charge is 2.23. The Morgan fingerprint density at radius 1 is 1.13 bits per heavy atom. The van der Waals surface area contributed by atoms with Gasteiger partial charge in [-0.05, 0) is 42.9 Å². The number of rotatable bonds is 9. The third kappa shape index (κ3) is 8.41. The van der Waals surface area contributed by atoms with Crippen molar-refractivity contribution < 1.29 is 9.53 Å². The van der Waals surface area contributed by atoms with Crippen molar-refractivity contribution >= 4 is 41.5 Å². The van der Waals surface area contributed by atoms with Gasteiger partial charge in [0.15, 0.2) is 5.96 Å². The molecule has 1 atom stereocenters. The predicted molar refractivity (Wildman–Crippen MR) is 133 cm³/mol. The van der Waals surface area contributed by atoms with Gasteiger partial charge in [-0.15, -0.1) is 24.0 Å². The van der Waals surface area contributed by atoms with Crippen LogP contribution in [0.2, 0.25) is 0 Å². The lowest BCUT2D eigenvalue weighted by molar-refractivity contribution is -0.124. The standard InChI is InChI=1S/C23H36N4O2.HI/c1-24-23(25-14-5-4-10-18-8-2-3-9-18)26-17-19-11-6-12-20(16-19)27-22(28)21-13-7-15-29-21;/h6,11-12,16,18,21H,2-5,7-10,13-15,17H2,1H3,(H,27,28)(H2,24,25,26);1H. The molecule has 2 aliphatic rings. The number of hydrogen-bond donors (Lipinski definition) is 3. The lowest BCUT2D eigenvalue weighted by atomic mass is 10.0. The molecule has 168 valence electrons. The first-order valence-corrected chi connectivity index (χ1v) is 11.2. The molecule has 3 rings (SSSR count). The van der Waals surface area contributed by atoms with E-state index in [1.54, 1.807) is 7.05 Å². The maximum absolute atomic E-state index is 12.2. The predicted octanol–water partition coefficient (Wildman–Crippen LogP) is 4.45. The molecule has 0 aromatic heterocycles. The van der Waals surface area contributed by atoms with Gasteiger partial charge < -0.3 is 20.7 Å². The van der Waals surface area contributed by atoms with Crippen molar-refractivity contribution in [1.29, 1.82) is 0 Å². The summed E-state index contributed by atoms with van der Waals surface area (Å²) in [6, 6.07) is 7.91. The highest BCUT2D eigenvalue weighted by atomic mass is 127. The molecular formula is C23H37IN4O2. The Bertz CT molecular complexity index is 671. The summed E-state index contributed by atoms with van der Waals surface area (Å²) in [7, 11) is 1.80. The number of halogens is 1. The Labute approximate surface area is 198 Å². The van der Waals surface area contributed by atoms with Gasteiger partial charge in [0.05, 0.1) is 0 Å². The topological polar surface area (TPSA) is 74.8 Å². The maximum Gasteiger partial charge on any atom is 0.253 e. The highest BCUT2D eigenvalue weighted by Crippen LogP contribution is 2.28. The average molecular weight is 528 g/mol. The summed E-state index contributed by atoms with van der Waals surface area (Å²) in [6.07, 6.45) is 11.0. The molecule has 1 saturated carbocycles. The van der Waals surface area contributed by atoms with Crippen LogP contribution in [0.5, 0.6) is 0 Å². The zero-order chi connectivity index (χ0) is 20.3. The van der Waals surface area contributed by atoms with E-state index < -0.39 is 0 Å². The smallest absolute Gasteiger partial charge is 0.253 e. The molecule has 1 unspecified atom stereocenters. The minimum absolute atomic E-state index is 0. The lowest BCUT2D eigenvalue weighted by Crippen LogP contribution is -2.37. The second kappa shape index (κ2) is 13.9. The summed E-state index contributed by atoms with van der Waals surface area (Å²) in [5.41, 5.74) is 1.90. The zero-order valence-corrected chi connectivity index (χ0v) is 20.5. The first-order valence-electron chi connectivity index (χ1n) is 11.2. The third-order valence-corrected chi connectivity index (χ3v) is 5.91. The number of unbranched alkanes of at least 4 members (excludes halogenated alkanes) is 1. The fourth-order valence-corrected chi connectivity index (χ4v) is 4.24. The molecule has 7 heteroatoms. The third-order valence-electron chi connectivity index (χ3n) is 5.91. The number of nitrogens with one attached hydrogen (secondary N) is 3. The Morgan fingerprint density at radius 3 is 2.70 bits per heavy atom. The van der Waals surface area contributed by atoms with Gasteiger partial charge in [-0.3, -0.25) is 9.79 Å². The molecule has 1 amide bonds. The van der Waals surface area contributed by atoms with Gasteiger partial charge in [0.25, 0.3) is 5.91 Å². The molecule has 1 saturated heterocycles. The molecule has 30 heavy (non-hydrogen) atoms. The summed E-state index contributed by atoms with van der Waals surface area (Å²) in [4.78, 5) is 16.5. The summed E-state index contributed by atoms with van der Waals surface area (Å²) >= 11 is 0. The number of aliphatic imine (C=N–C) groups is 1. The van der Waals surface area contributed by atoms with Crippen LogP contribution in [0.4, 0.5) is 5.69 Å².